The molecule has 3 aromatic rings. The molecule has 1 saturated heterocycles. The fourth-order valence-electron chi connectivity index (χ4n) is 5.66. The molecule has 0 spiro atoms. The summed E-state index contributed by atoms with van der Waals surface area (Å²) in [5.41, 5.74) is 1.06. The minimum Gasteiger partial charge on any atom is -0.441 e. The highest BCUT2D eigenvalue weighted by molar-refractivity contribution is 6.08. The Labute approximate surface area is 249 Å². The first-order chi connectivity index (χ1) is 20.7. The molecule has 2 amide bonds. The summed E-state index contributed by atoms with van der Waals surface area (Å²) in [4.78, 5) is 40.4. The SMILES string of the molecule is C=CCN1C(=O)[C@](O)([C@H](C)/C=C/CCn2cc(C(CO)c3ccccc3)nn2)c2cc(N3C(=O)CC3OC(C)=O)ccc21. The molecule has 2 aliphatic rings. The van der Waals surface area contributed by atoms with Gasteiger partial charge >= 0.3 is 5.97 Å². The monoisotopic (exact) mass is 585 g/mol. The van der Waals surface area contributed by atoms with Crippen LogP contribution in [-0.2, 0) is 31.3 Å². The van der Waals surface area contributed by atoms with Crippen LogP contribution in [0.4, 0.5) is 11.4 Å². The number of aromatic nitrogens is 3. The van der Waals surface area contributed by atoms with Crippen molar-refractivity contribution >= 4 is 29.2 Å². The van der Waals surface area contributed by atoms with Crippen molar-refractivity contribution in [1.82, 2.24) is 15.0 Å². The lowest BCUT2D eigenvalue weighted by Crippen LogP contribution is -2.55. The molecule has 2 N–H and O–H groups in total. The number of carbonyl (C=O) groups excluding carboxylic acids is 3. The molecule has 11 heteroatoms. The molecule has 5 rings (SSSR count). The van der Waals surface area contributed by atoms with Gasteiger partial charge in [0.2, 0.25) is 5.91 Å². The van der Waals surface area contributed by atoms with E-state index in [-0.39, 0.29) is 31.4 Å². The van der Waals surface area contributed by atoms with Crippen molar-refractivity contribution in [2.45, 2.75) is 51.0 Å². The number of aryl methyl sites for hydroxylation is 1. The number of rotatable bonds is 12. The highest BCUT2D eigenvalue weighted by atomic mass is 16.6. The molecule has 0 saturated carbocycles. The van der Waals surface area contributed by atoms with Crippen LogP contribution in [0, 0.1) is 5.92 Å². The van der Waals surface area contributed by atoms with Crippen LogP contribution in [0.5, 0.6) is 0 Å². The molecule has 0 aliphatic carbocycles. The Morgan fingerprint density at radius 1 is 1.23 bits per heavy atom. The molecular weight excluding hydrogens is 550 g/mol. The first-order valence-corrected chi connectivity index (χ1v) is 14.2. The molecule has 2 aliphatic heterocycles. The Balaban J connectivity index is 1.32. The number of allylic oxidation sites excluding steroid dienone is 1. The van der Waals surface area contributed by atoms with Crippen molar-refractivity contribution in [2.24, 2.45) is 5.92 Å². The largest absolute Gasteiger partial charge is 0.441 e. The molecule has 0 bridgehead atoms. The second kappa shape index (κ2) is 12.3. The average Bonchev–Trinajstić information content (AvgIpc) is 3.53. The molecule has 43 heavy (non-hydrogen) atoms. The molecule has 2 aromatic carbocycles. The van der Waals surface area contributed by atoms with Gasteiger partial charge in [-0.05, 0) is 30.2 Å². The van der Waals surface area contributed by atoms with Gasteiger partial charge in [0.05, 0.1) is 30.3 Å². The molecule has 2 unspecified atom stereocenters. The number of ether oxygens (including phenoxy) is 1. The molecule has 224 valence electrons. The summed E-state index contributed by atoms with van der Waals surface area (Å²) in [7, 11) is 0. The van der Waals surface area contributed by atoms with Crippen LogP contribution in [-0.4, -0.2) is 62.4 Å². The van der Waals surface area contributed by atoms with Gasteiger partial charge in [0.25, 0.3) is 5.91 Å². The van der Waals surface area contributed by atoms with Crippen LogP contribution in [0.3, 0.4) is 0 Å². The number of carbonyl (C=O) groups is 3. The first kappa shape index (κ1) is 29.9. The molecule has 4 atom stereocenters. The van der Waals surface area contributed by atoms with E-state index in [9.17, 15) is 24.6 Å². The van der Waals surface area contributed by atoms with Crippen molar-refractivity contribution in [3.05, 3.63) is 96.4 Å². The lowest BCUT2D eigenvalue weighted by molar-refractivity contribution is -0.153. The zero-order chi connectivity index (χ0) is 30.7. The van der Waals surface area contributed by atoms with E-state index < -0.39 is 29.6 Å². The van der Waals surface area contributed by atoms with Gasteiger partial charge in [-0.2, -0.15) is 0 Å². The van der Waals surface area contributed by atoms with Crippen LogP contribution in [0.2, 0.25) is 0 Å². The van der Waals surface area contributed by atoms with Gasteiger partial charge in [-0.3, -0.25) is 24.0 Å². The summed E-state index contributed by atoms with van der Waals surface area (Å²) in [6, 6.07) is 14.6. The minimum atomic E-state index is -1.89. The maximum Gasteiger partial charge on any atom is 0.304 e. The third-order valence-electron chi connectivity index (χ3n) is 7.96. The van der Waals surface area contributed by atoms with Gasteiger partial charge in [-0.1, -0.05) is 60.7 Å². The fourth-order valence-corrected chi connectivity index (χ4v) is 5.66. The van der Waals surface area contributed by atoms with Gasteiger partial charge in [-0.15, -0.1) is 11.7 Å². The van der Waals surface area contributed by atoms with Crippen molar-refractivity contribution in [3.63, 3.8) is 0 Å². The van der Waals surface area contributed by atoms with Crippen molar-refractivity contribution in [1.29, 1.82) is 0 Å². The zero-order valence-electron chi connectivity index (χ0n) is 24.2. The molecule has 1 fully saturated rings. The summed E-state index contributed by atoms with van der Waals surface area (Å²) in [5.74, 6) is -2.10. The van der Waals surface area contributed by atoms with Crippen LogP contribution in [0.15, 0.2) is 79.5 Å². The van der Waals surface area contributed by atoms with E-state index in [1.54, 1.807) is 42.0 Å². The zero-order valence-corrected chi connectivity index (χ0v) is 24.2. The summed E-state index contributed by atoms with van der Waals surface area (Å²) in [5, 5.41) is 30.3. The van der Waals surface area contributed by atoms with E-state index in [0.717, 1.165) is 5.56 Å². The Morgan fingerprint density at radius 2 is 2.00 bits per heavy atom. The fraction of sp³-hybridized carbons (Fsp3) is 0.344. The quantitative estimate of drug-likeness (QED) is 0.188. The van der Waals surface area contributed by atoms with Gasteiger partial charge in [0, 0.05) is 43.4 Å². The molecule has 3 heterocycles. The minimum absolute atomic E-state index is 0.0712. The molecule has 0 radical (unpaired) electrons. The number of benzene rings is 2. The predicted octanol–water partition coefficient (Wildman–Crippen LogP) is 3.03. The van der Waals surface area contributed by atoms with Gasteiger partial charge < -0.3 is 19.8 Å². The number of hydrogen-bond donors (Lipinski definition) is 2. The summed E-state index contributed by atoms with van der Waals surface area (Å²) < 4.78 is 6.94. The lowest BCUT2D eigenvalue weighted by Gasteiger charge is -2.39. The Morgan fingerprint density at radius 3 is 2.67 bits per heavy atom. The van der Waals surface area contributed by atoms with E-state index in [2.05, 4.69) is 16.9 Å². The van der Waals surface area contributed by atoms with E-state index in [0.29, 0.717) is 35.6 Å². The second-order valence-electron chi connectivity index (χ2n) is 10.8. The van der Waals surface area contributed by atoms with Gasteiger partial charge in [-0.25, -0.2) is 0 Å². The van der Waals surface area contributed by atoms with Gasteiger partial charge in [0.15, 0.2) is 11.8 Å². The number of esters is 1. The number of hydrogen-bond acceptors (Lipinski definition) is 8. The van der Waals surface area contributed by atoms with E-state index in [1.807, 2.05) is 42.6 Å². The molecule has 11 nitrogen and oxygen atoms in total. The van der Waals surface area contributed by atoms with Crippen LogP contribution in [0.25, 0.3) is 0 Å². The Bertz CT molecular complexity index is 1550. The smallest absolute Gasteiger partial charge is 0.304 e. The van der Waals surface area contributed by atoms with Crippen molar-refractivity contribution in [2.75, 3.05) is 23.0 Å². The van der Waals surface area contributed by atoms with Gasteiger partial charge in [0.1, 0.15) is 0 Å². The summed E-state index contributed by atoms with van der Waals surface area (Å²) in [6.07, 6.45) is 6.97. The summed E-state index contributed by atoms with van der Waals surface area (Å²) >= 11 is 0. The Hall–Kier alpha value is -4.61. The maximum atomic E-state index is 13.6. The van der Waals surface area contributed by atoms with Crippen molar-refractivity contribution in [3.8, 4) is 0 Å². The van der Waals surface area contributed by atoms with E-state index in [1.165, 1.54) is 16.7 Å². The second-order valence-corrected chi connectivity index (χ2v) is 10.8. The maximum absolute atomic E-state index is 13.6. The highest BCUT2D eigenvalue weighted by Crippen LogP contribution is 2.47. The van der Waals surface area contributed by atoms with Crippen LogP contribution < -0.4 is 9.80 Å². The predicted molar refractivity (Wildman–Crippen MR) is 159 cm³/mol. The number of nitrogens with zero attached hydrogens (tertiary/aromatic N) is 5. The van der Waals surface area contributed by atoms with E-state index in [4.69, 9.17) is 4.74 Å². The van der Waals surface area contributed by atoms with E-state index >= 15 is 0 Å². The standard InChI is InChI=1S/C32H35N5O6/c1-4-15-36-28-14-13-24(37-29(40)18-30(37)43-22(3)39)17-26(28)32(42,31(36)41)21(2)10-8-9-16-35-19-27(33-34-35)25(20-38)23-11-6-5-7-12-23/h4-8,10-14,17,19,21,25,30,38,42H,1,9,15-16,18,20H2,2-3H3/b10-8+/t21-,25?,30?,32+/m1/s1. The number of anilines is 2. The normalized spacial score (nSPS) is 21.1. The molecular formula is C32H35N5O6. The number of aliphatic hydroxyl groups is 2. The number of amides is 2. The number of fused-ring (bicyclic) bond motifs is 1. The number of aliphatic hydroxyl groups excluding tert-OH is 1. The molecule has 1 aromatic heterocycles. The first-order valence-electron chi connectivity index (χ1n) is 14.2. The topological polar surface area (TPSA) is 138 Å². The third kappa shape index (κ3) is 5.61. The average molecular weight is 586 g/mol. The third-order valence-corrected chi connectivity index (χ3v) is 7.96. The van der Waals surface area contributed by atoms with Crippen LogP contribution in [0.1, 0.15) is 49.4 Å². The highest BCUT2D eigenvalue weighted by Gasteiger charge is 2.53. The Kier molecular flexibility index (Phi) is 8.56. The lowest BCUT2D eigenvalue weighted by atomic mass is 9.82. The number of β-lactam (4-membered cyclic amide) rings is 1. The summed E-state index contributed by atoms with van der Waals surface area (Å²) in [6.45, 7) is 7.41. The van der Waals surface area contributed by atoms with Crippen molar-refractivity contribution < 1.29 is 29.3 Å². The van der Waals surface area contributed by atoms with Crippen LogP contribution >= 0.6 is 0 Å².